The monoisotopic (exact) mass is 622 g/mol. The van der Waals surface area contributed by atoms with Crippen molar-refractivity contribution in [1.29, 1.82) is 0 Å². The van der Waals surface area contributed by atoms with Crippen LogP contribution in [0.5, 0.6) is 11.5 Å². The molecule has 0 aliphatic heterocycles. The molecule has 0 atom stereocenters. The number of nitrogens with one attached hydrogen (secondary N) is 2. The maximum atomic E-state index is 12.8. The summed E-state index contributed by atoms with van der Waals surface area (Å²) in [5.74, 6) is -1.18. The SMILES string of the molecule is O=C(Nc1cccc(OCCc2cccc(NS(=O)(=O)Cc3ccccc3C(=O)O)c2)c1)c1ccc(-c2ccc(O)cc2)cc1. The lowest BCUT2D eigenvalue weighted by molar-refractivity contribution is 0.0695. The van der Waals surface area contributed by atoms with Crippen LogP contribution in [0.2, 0.25) is 0 Å². The first-order valence-electron chi connectivity index (χ1n) is 14.0. The molecule has 0 aliphatic rings. The maximum Gasteiger partial charge on any atom is 0.335 e. The fourth-order valence-electron chi connectivity index (χ4n) is 4.69. The molecule has 0 saturated carbocycles. The van der Waals surface area contributed by atoms with Crippen molar-refractivity contribution in [2.75, 3.05) is 16.6 Å². The van der Waals surface area contributed by atoms with E-state index >= 15 is 0 Å². The molecular weight excluding hydrogens is 592 g/mol. The van der Waals surface area contributed by atoms with Gasteiger partial charge in [0.25, 0.3) is 5.91 Å². The molecule has 5 aromatic carbocycles. The van der Waals surface area contributed by atoms with Gasteiger partial charge in [-0.1, -0.05) is 60.7 Å². The van der Waals surface area contributed by atoms with E-state index in [0.717, 1.165) is 16.7 Å². The molecule has 10 heteroatoms. The Balaban J connectivity index is 1.14. The fourth-order valence-corrected chi connectivity index (χ4v) is 5.91. The van der Waals surface area contributed by atoms with Gasteiger partial charge >= 0.3 is 5.97 Å². The number of phenols is 1. The van der Waals surface area contributed by atoms with E-state index < -0.39 is 21.7 Å². The topological polar surface area (TPSA) is 142 Å². The number of rotatable bonds is 12. The molecule has 5 rings (SSSR count). The lowest BCUT2D eigenvalue weighted by Crippen LogP contribution is -2.17. The van der Waals surface area contributed by atoms with Crippen LogP contribution in [0.1, 0.15) is 31.8 Å². The number of hydrogen-bond donors (Lipinski definition) is 4. The van der Waals surface area contributed by atoms with Gasteiger partial charge < -0.3 is 20.3 Å². The predicted octanol–water partition coefficient (Wildman–Crippen LogP) is 6.57. The highest BCUT2D eigenvalue weighted by molar-refractivity contribution is 7.91. The molecule has 0 heterocycles. The van der Waals surface area contributed by atoms with Gasteiger partial charge in [-0.2, -0.15) is 0 Å². The number of amides is 1. The number of anilines is 2. The van der Waals surface area contributed by atoms with Gasteiger partial charge in [0.2, 0.25) is 10.0 Å². The second kappa shape index (κ2) is 13.8. The van der Waals surface area contributed by atoms with E-state index in [-0.39, 0.29) is 22.8 Å². The lowest BCUT2D eigenvalue weighted by atomic mass is 10.0. The minimum Gasteiger partial charge on any atom is -0.508 e. The summed E-state index contributed by atoms with van der Waals surface area (Å²) in [4.78, 5) is 24.3. The van der Waals surface area contributed by atoms with Gasteiger partial charge in [0.05, 0.1) is 17.9 Å². The summed E-state index contributed by atoms with van der Waals surface area (Å²) in [6, 6.07) is 33.9. The quantitative estimate of drug-likeness (QED) is 0.123. The molecule has 0 fully saturated rings. The van der Waals surface area contributed by atoms with Crippen LogP contribution < -0.4 is 14.8 Å². The number of carbonyl (C=O) groups excluding carboxylic acids is 1. The van der Waals surface area contributed by atoms with Crippen LogP contribution >= 0.6 is 0 Å². The van der Waals surface area contributed by atoms with Crippen LogP contribution in [0.3, 0.4) is 0 Å². The largest absolute Gasteiger partial charge is 0.508 e. The first-order valence-corrected chi connectivity index (χ1v) is 15.6. The number of carboxylic acids is 1. The third kappa shape index (κ3) is 8.49. The number of aromatic carboxylic acids is 1. The van der Waals surface area contributed by atoms with Crippen molar-refractivity contribution in [3.05, 3.63) is 144 Å². The number of benzene rings is 5. The van der Waals surface area contributed by atoms with Gasteiger partial charge in [-0.15, -0.1) is 0 Å². The van der Waals surface area contributed by atoms with Crippen LogP contribution in [0.15, 0.2) is 121 Å². The molecule has 9 nitrogen and oxygen atoms in total. The van der Waals surface area contributed by atoms with E-state index in [9.17, 15) is 28.2 Å². The Bertz CT molecular complexity index is 1920. The van der Waals surface area contributed by atoms with Gasteiger partial charge in [0, 0.05) is 29.4 Å². The van der Waals surface area contributed by atoms with E-state index in [4.69, 9.17) is 4.74 Å². The summed E-state index contributed by atoms with van der Waals surface area (Å²) in [6.45, 7) is 0.304. The predicted molar refractivity (Wildman–Crippen MR) is 173 cm³/mol. The van der Waals surface area contributed by atoms with Crippen LogP contribution in [-0.2, 0) is 22.2 Å². The van der Waals surface area contributed by atoms with Gasteiger partial charge in [-0.25, -0.2) is 13.2 Å². The normalized spacial score (nSPS) is 11.0. The highest BCUT2D eigenvalue weighted by Crippen LogP contribution is 2.24. The summed E-state index contributed by atoms with van der Waals surface area (Å²) in [5, 5.41) is 21.7. The highest BCUT2D eigenvalue weighted by Gasteiger charge is 2.17. The summed E-state index contributed by atoms with van der Waals surface area (Å²) in [6.07, 6.45) is 0.487. The second-order valence-electron chi connectivity index (χ2n) is 10.2. The highest BCUT2D eigenvalue weighted by atomic mass is 32.2. The van der Waals surface area contributed by atoms with Crippen molar-refractivity contribution in [3.63, 3.8) is 0 Å². The number of phenolic OH excluding ortho intramolecular Hbond substituents is 1. The molecule has 0 unspecified atom stereocenters. The van der Waals surface area contributed by atoms with Gasteiger partial charge in [-0.3, -0.25) is 9.52 Å². The first kappa shape index (κ1) is 30.8. The zero-order valence-corrected chi connectivity index (χ0v) is 24.8. The fraction of sp³-hybridized carbons (Fsp3) is 0.0857. The smallest absolute Gasteiger partial charge is 0.335 e. The van der Waals surface area contributed by atoms with Crippen LogP contribution in [0.25, 0.3) is 11.1 Å². The number of sulfonamides is 1. The Kier molecular flexibility index (Phi) is 9.45. The molecule has 0 radical (unpaired) electrons. The van der Waals surface area contributed by atoms with Gasteiger partial charge in [-0.05, 0) is 76.9 Å². The van der Waals surface area contributed by atoms with E-state index in [1.165, 1.54) is 12.1 Å². The van der Waals surface area contributed by atoms with Crippen LogP contribution in [-0.4, -0.2) is 37.1 Å². The summed E-state index contributed by atoms with van der Waals surface area (Å²) < 4.78 is 34.0. The molecule has 0 aliphatic carbocycles. The molecule has 4 N–H and O–H groups in total. The van der Waals surface area contributed by atoms with Crippen LogP contribution in [0.4, 0.5) is 11.4 Å². The number of ether oxygens (including phenoxy) is 1. The van der Waals surface area contributed by atoms with Gasteiger partial charge in [0.15, 0.2) is 0 Å². The molecule has 0 spiro atoms. The maximum absolute atomic E-state index is 12.8. The van der Waals surface area contributed by atoms with Crippen molar-refractivity contribution in [3.8, 4) is 22.6 Å². The summed E-state index contributed by atoms with van der Waals surface area (Å²) >= 11 is 0. The molecule has 5 aromatic rings. The molecule has 0 saturated heterocycles. The molecule has 45 heavy (non-hydrogen) atoms. The molecule has 0 bridgehead atoms. The van der Waals surface area contributed by atoms with E-state index in [1.54, 1.807) is 91.0 Å². The third-order valence-electron chi connectivity index (χ3n) is 6.89. The molecular formula is C35H30N2O7S. The minimum absolute atomic E-state index is 0.0574. The Morgan fingerprint density at radius 3 is 2.13 bits per heavy atom. The van der Waals surface area contributed by atoms with E-state index in [1.807, 2.05) is 18.2 Å². The zero-order valence-electron chi connectivity index (χ0n) is 24.0. The standard InChI is InChI=1S/C35H30N2O7S/c38-31-17-15-26(16-18-31)25-11-13-27(14-12-25)34(39)36-29-7-4-9-32(22-29)44-20-19-24-5-3-8-30(21-24)37-45(42,43)23-28-6-1-2-10-33(28)35(40)41/h1-18,21-22,37-38H,19-20,23H2,(H,36,39)(H,40,41). The van der Waals surface area contributed by atoms with Crippen LogP contribution in [0, 0.1) is 0 Å². The average Bonchev–Trinajstić information content (AvgIpc) is 3.02. The molecule has 228 valence electrons. The molecule has 0 aromatic heterocycles. The van der Waals surface area contributed by atoms with Crippen molar-refractivity contribution in [2.45, 2.75) is 12.2 Å². The summed E-state index contributed by atoms with van der Waals surface area (Å²) in [5.41, 5.74) is 4.25. The Morgan fingerprint density at radius 2 is 1.40 bits per heavy atom. The van der Waals surface area contributed by atoms with Crippen molar-refractivity contribution in [2.24, 2.45) is 0 Å². The lowest BCUT2D eigenvalue weighted by Gasteiger charge is -2.12. The van der Waals surface area contributed by atoms with Crippen molar-refractivity contribution < 1.29 is 33.0 Å². The number of hydrogen-bond acceptors (Lipinski definition) is 6. The van der Waals surface area contributed by atoms with E-state index in [0.29, 0.717) is 35.7 Å². The minimum atomic E-state index is -3.86. The average molecular weight is 623 g/mol. The molecule has 1 amide bonds. The van der Waals surface area contributed by atoms with E-state index in [2.05, 4.69) is 10.0 Å². The Labute approximate surface area is 260 Å². The van der Waals surface area contributed by atoms with Crippen molar-refractivity contribution >= 4 is 33.3 Å². The number of carboxylic acid groups (broad SMARTS) is 1. The second-order valence-corrected chi connectivity index (χ2v) is 12.0. The first-order chi connectivity index (χ1) is 21.6. The Hall–Kier alpha value is -5.61. The van der Waals surface area contributed by atoms with Gasteiger partial charge in [0.1, 0.15) is 11.5 Å². The summed E-state index contributed by atoms with van der Waals surface area (Å²) in [7, 11) is -3.86. The zero-order chi connectivity index (χ0) is 31.8. The number of carbonyl (C=O) groups is 2. The number of aromatic hydroxyl groups is 1. The van der Waals surface area contributed by atoms with Crippen molar-refractivity contribution in [1.82, 2.24) is 0 Å². The third-order valence-corrected chi connectivity index (χ3v) is 8.13. The Morgan fingerprint density at radius 1 is 0.733 bits per heavy atom.